The minimum absolute atomic E-state index is 0.0974. The van der Waals surface area contributed by atoms with Gasteiger partial charge in [0, 0.05) is 12.1 Å². The maximum Gasteiger partial charge on any atom is 0.573 e. The van der Waals surface area contributed by atoms with Crippen molar-refractivity contribution >= 4 is 11.7 Å². The van der Waals surface area contributed by atoms with E-state index in [4.69, 9.17) is 5.11 Å². The third-order valence-electron chi connectivity index (χ3n) is 3.22. The lowest BCUT2D eigenvalue weighted by Gasteiger charge is -2.29. The van der Waals surface area contributed by atoms with Gasteiger partial charge in [-0.15, -0.1) is 13.2 Å². The number of anilines is 1. The first-order valence-corrected chi connectivity index (χ1v) is 6.74. The summed E-state index contributed by atoms with van der Waals surface area (Å²) >= 11 is 0. The van der Waals surface area contributed by atoms with Gasteiger partial charge in [0.2, 0.25) is 0 Å². The number of para-hydroxylation sites is 2. The number of rotatable bonds is 6. The van der Waals surface area contributed by atoms with Crippen LogP contribution in [0.1, 0.15) is 26.7 Å². The molecule has 8 heteroatoms. The Morgan fingerprint density at radius 1 is 1.32 bits per heavy atom. The number of carbonyl (C=O) groups excluding carboxylic acids is 1. The van der Waals surface area contributed by atoms with Crippen LogP contribution in [0.4, 0.5) is 23.7 Å². The molecule has 0 saturated carbocycles. The highest BCUT2D eigenvalue weighted by atomic mass is 19.4. The lowest BCUT2D eigenvalue weighted by atomic mass is 9.95. The predicted molar refractivity (Wildman–Crippen MR) is 75.7 cm³/mol. The summed E-state index contributed by atoms with van der Waals surface area (Å²) in [5.74, 6) is -0.495. The molecule has 0 spiro atoms. The third-order valence-corrected chi connectivity index (χ3v) is 3.22. The van der Waals surface area contributed by atoms with Gasteiger partial charge in [-0.3, -0.25) is 0 Å². The molecule has 1 atom stereocenters. The van der Waals surface area contributed by atoms with Gasteiger partial charge in [-0.05, 0) is 31.9 Å². The Labute approximate surface area is 126 Å². The number of benzene rings is 1. The van der Waals surface area contributed by atoms with Crippen molar-refractivity contribution in [3.63, 3.8) is 0 Å². The lowest BCUT2D eigenvalue weighted by molar-refractivity contribution is -0.274. The van der Waals surface area contributed by atoms with Gasteiger partial charge in [-0.1, -0.05) is 19.1 Å². The van der Waals surface area contributed by atoms with E-state index in [1.807, 2.05) is 6.92 Å². The zero-order chi connectivity index (χ0) is 16.8. The van der Waals surface area contributed by atoms with Gasteiger partial charge in [-0.25, -0.2) is 4.79 Å². The summed E-state index contributed by atoms with van der Waals surface area (Å²) in [5, 5.41) is 14.0. The monoisotopic (exact) mass is 320 g/mol. The van der Waals surface area contributed by atoms with Crippen molar-refractivity contribution < 1.29 is 27.8 Å². The van der Waals surface area contributed by atoms with Crippen molar-refractivity contribution in [1.29, 1.82) is 0 Å². The normalized spacial score (nSPS) is 14.1. The van der Waals surface area contributed by atoms with E-state index < -0.39 is 23.7 Å². The van der Waals surface area contributed by atoms with Crippen LogP contribution in [0.15, 0.2) is 24.3 Å². The zero-order valence-electron chi connectivity index (χ0n) is 12.3. The number of urea groups is 1. The lowest BCUT2D eigenvalue weighted by Crippen LogP contribution is -2.48. The number of nitrogens with one attached hydrogen (secondary N) is 2. The van der Waals surface area contributed by atoms with Crippen LogP contribution in [0.2, 0.25) is 0 Å². The van der Waals surface area contributed by atoms with Crippen molar-refractivity contribution in [2.24, 2.45) is 0 Å². The van der Waals surface area contributed by atoms with Gasteiger partial charge in [0.05, 0.1) is 5.69 Å². The molecule has 0 fully saturated rings. The first-order chi connectivity index (χ1) is 10.2. The highest BCUT2D eigenvalue weighted by Crippen LogP contribution is 2.30. The second-order valence-electron chi connectivity index (χ2n) is 5.01. The fourth-order valence-electron chi connectivity index (χ4n) is 1.79. The maximum atomic E-state index is 12.3. The Bertz CT molecular complexity index is 508. The van der Waals surface area contributed by atoms with Gasteiger partial charge >= 0.3 is 12.4 Å². The number of aliphatic hydroxyl groups excluding tert-OH is 1. The maximum absolute atomic E-state index is 12.3. The molecule has 22 heavy (non-hydrogen) atoms. The smallest absolute Gasteiger partial charge is 0.404 e. The van der Waals surface area contributed by atoms with Crippen LogP contribution >= 0.6 is 0 Å². The van der Waals surface area contributed by atoms with Crippen molar-refractivity contribution in [1.82, 2.24) is 5.32 Å². The second kappa shape index (κ2) is 7.35. The highest BCUT2D eigenvalue weighted by Gasteiger charge is 2.32. The van der Waals surface area contributed by atoms with Gasteiger partial charge in [0.25, 0.3) is 0 Å². The van der Waals surface area contributed by atoms with E-state index in [0.717, 1.165) is 6.07 Å². The molecule has 0 heterocycles. The molecular weight excluding hydrogens is 301 g/mol. The molecule has 0 saturated heterocycles. The summed E-state index contributed by atoms with van der Waals surface area (Å²) in [4.78, 5) is 11.9. The average Bonchev–Trinajstić information content (AvgIpc) is 2.39. The molecular formula is C14H19F3N2O3. The number of hydrogen-bond acceptors (Lipinski definition) is 3. The van der Waals surface area contributed by atoms with Crippen molar-refractivity contribution in [3.05, 3.63) is 24.3 Å². The van der Waals surface area contributed by atoms with Crippen LogP contribution in [0.3, 0.4) is 0 Å². The molecule has 1 aromatic rings. The molecule has 0 aromatic heterocycles. The molecule has 2 amide bonds. The van der Waals surface area contributed by atoms with E-state index in [9.17, 15) is 18.0 Å². The van der Waals surface area contributed by atoms with Crippen molar-refractivity contribution in [3.8, 4) is 5.75 Å². The zero-order valence-corrected chi connectivity index (χ0v) is 12.3. The van der Waals surface area contributed by atoms with E-state index in [2.05, 4.69) is 15.4 Å². The van der Waals surface area contributed by atoms with E-state index in [1.165, 1.54) is 18.2 Å². The Balaban J connectivity index is 2.80. The van der Waals surface area contributed by atoms with Crippen LogP contribution in [0, 0.1) is 0 Å². The van der Waals surface area contributed by atoms with Crippen LogP contribution in [0.25, 0.3) is 0 Å². The molecule has 0 aliphatic rings. The number of amides is 2. The summed E-state index contributed by atoms with van der Waals surface area (Å²) in [7, 11) is 0. The largest absolute Gasteiger partial charge is 0.573 e. The molecule has 5 nitrogen and oxygen atoms in total. The second-order valence-corrected chi connectivity index (χ2v) is 5.01. The van der Waals surface area contributed by atoms with E-state index in [-0.39, 0.29) is 12.3 Å². The Morgan fingerprint density at radius 2 is 1.95 bits per heavy atom. The summed E-state index contributed by atoms with van der Waals surface area (Å²) in [6, 6.07) is 4.58. The molecule has 1 rings (SSSR count). The molecule has 0 aliphatic heterocycles. The number of hydrogen-bond donors (Lipinski definition) is 3. The number of aliphatic hydroxyl groups is 1. The van der Waals surface area contributed by atoms with Crippen molar-refractivity contribution in [2.45, 2.75) is 38.6 Å². The molecule has 0 bridgehead atoms. The Morgan fingerprint density at radius 3 is 2.50 bits per heavy atom. The number of alkyl halides is 3. The minimum Gasteiger partial charge on any atom is -0.404 e. The average molecular weight is 320 g/mol. The first-order valence-electron chi connectivity index (χ1n) is 6.74. The van der Waals surface area contributed by atoms with E-state index in [0.29, 0.717) is 12.8 Å². The number of carbonyl (C=O) groups is 1. The van der Waals surface area contributed by atoms with Gasteiger partial charge in [0.1, 0.15) is 0 Å². The van der Waals surface area contributed by atoms with E-state index >= 15 is 0 Å². The van der Waals surface area contributed by atoms with Crippen LogP contribution < -0.4 is 15.4 Å². The molecule has 0 radical (unpaired) electrons. The molecule has 1 aromatic carbocycles. The first kappa shape index (κ1) is 18.1. The van der Waals surface area contributed by atoms with Gasteiger partial charge in [0.15, 0.2) is 5.75 Å². The van der Waals surface area contributed by atoms with E-state index in [1.54, 1.807) is 6.92 Å². The number of halogens is 3. The highest BCUT2D eigenvalue weighted by molar-refractivity contribution is 5.91. The molecule has 1 unspecified atom stereocenters. The minimum atomic E-state index is -4.84. The SMILES string of the molecule is CCC(C)(CCO)NC(=O)Nc1ccccc1OC(F)(F)F. The summed E-state index contributed by atoms with van der Waals surface area (Å²) in [6.07, 6.45) is -3.96. The third kappa shape index (κ3) is 5.80. The quantitative estimate of drug-likeness (QED) is 0.753. The van der Waals surface area contributed by atoms with Gasteiger partial charge < -0.3 is 20.5 Å². The molecule has 124 valence electrons. The van der Waals surface area contributed by atoms with Crippen molar-refractivity contribution in [2.75, 3.05) is 11.9 Å². The Kier molecular flexibility index (Phi) is 6.04. The fourth-order valence-corrected chi connectivity index (χ4v) is 1.79. The van der Waals surface area contributed by atoms with Crippen LogP contribution in [-0.2, 0) is 0 Å². The summed E-state index contributed by atoms with van der Waals surface area (Å²) in [5.41, 5.74) is -0.752. The van der Waals surface area contributed by atoms with Gasteiger partial charge in [-0.2, -0.15) is 0 Å². The Hall–Kier alpha value is -1.96. The summed E-state index contributed by atoms with van der Waals surface area (Å²) < 4.78 is 40.8. The van der Waals surface area contributed by atoms with Crippen LogP contribution in [-0.4, -0.2) is 29.6 Å². The standard InChI is InChI=1S/C14H19F3N2O3/c1-3-13(2,8-9-20)19-12(21)18-10-6-4-5-7-11(10)22-14(15,16)17/h4-7,20H,3,8-9H2,1-2H3,(H2,18,19,21). The number of ether oxygens (including phenoxy) is 1. The predicted octanol–water partition coefficient (Wildman–Crippen LogP) is 3.26. The van der Waals surface area contributed by atoms with Crippen LogP contribution in [0.5, 0.6) is 5.75 Å². The fraction of sp³-hybridized carbons (Fsp3) is 0.500. The molecule has 3 N–H and O–H groups in total. The molecule has 0 aliphatic carbocycles. The topological polar surface area (TPSA) is 70.6 Å². The summed E-state index contributed by atoms with van der Waals surface area (Å²) in [6.45, 7) is 3.45.